The number of nitrogens with zero attached hydrogens (tertiary/aromatic N) is 1. The summed E-state index contributed by atoms with van der Waals surface area (Å²) in [6, 6.07) is 13.0. The van der Waals surface area contributed by atoms with E-state index >= 15 is 0 Å². The smallest absolute Gasteiger partial charge is 0.339 e. The standard InChI is InChI=1S/C25H22Cl2N2O7S/c1-4-11-35-21-10-5-17(14-22(21)33-2)25(30)29-28-15-16-12-20(27)24(23(13-16)34-3)36-37(31,32)19-8-6-18(26)7-9-19/h4-10,12-15H,1,11H2,2-3H3,(H,29,30)/b28-15+. The maximum atomic E-state index is 12.6. The molecule has 3 aromatic rings. The van der Waals surface area contributed by atoms with Gasteiger partial charge in [-0.2, -0.15) is 13.5 Å². The minimum atomic E-state index is -4.21. The summed E-state index contributed by atoms with van der Waals surface area (Å²) in [6.45, 7) is 3.87. The van der Waals surface area contributed by atoms with E-state index in [2.05, 4.69) is 17.1 Å². The van der Waals surface area contributed by atoms with Crippen molar-refractivity contribution in [1.29, 1.82) is 0 Å². The van der Waals surface area contributed by atoms with Gasteiger partial charge in [0.15, 0.2) is 17.2 Å². The van der Waals surface area contributed by atoms with Gasteiger partial charge in [-0.05, 0) is 60.2 Å². The Balaban J connectivity index is 1.75. The molecule has 0 radical (unpaired) electrons. The molecule has 9 nitrogen and oxygen atoms in total. The van der Waals surface area contributed by atoms with Crippen LogP contribution < -0.4 is 23.8 Å². The molecule has 37 heavy (non-hydrogen) atoms. The molecule has 0 aliphatic heterocycles. The van der Waals surface area contributed by atoms with Crippen LogP contribution in [0.3, 0.4) is 0 Å². The van der Waals surface area contributed by atoms with E-state index in [4.69, 9.17) is 41.6 Å². The van der Waals surface area contributed by atoms with Crippen molar-refractivity contribution in [3.8, 4) is 23.0 Å². The highest BCUT2D eigenvalue weighted by Crippen LogP contribution is 2.38. The first kappa shape index (κ1) is 27.9. The lowest BCUT2D eigenvalue weighted by molar-refractivity contribution is 0.0954. The molecule has 3 rings (SSSR count). The summed E-state index contributed by atoms with van der Waals surface area (Å²) in [6.07, 6.45) is 2.90. The van der Waals surface area contributed by atoms with Crippen LogP contribution in [0, 0.1) is 0 Å². The van der Waals surface area contributed by atoms with E-state index < -0.39 is 16.0 Å². The Labute approximate surface area is 224 Å². The van der Waals surface area contributed by atoms with Crippen LogP contribution in [0.15, 0.2) is 77.2 Å². The van der Waals surface area contributed by atoms with E-state index in [1.54, 1.807) is 18.2 Å². The van der Waals surface area contributed by atoms with Gasteiger partial charge in [0.1, 0.15) is 11.5 Å². The van der Waals surface area contributed by atoms with Gasteiger partial charge in [-0.25, -0.2) is 5.43 Å². The van der Waals surface area contributed by atoms with Gasteiger partial charge in [0.2, 0.25) is 5.75 Å². The Morgan fingerprint density at radius 3 is 2.35 bits per heavy atom. The molecule has 0 aromatic heterocycles. The van der Waals surface area contributed by atoms with Gasteiger partial charge in [-0.15, -0.1) is 0 Å². The highest BCUT2D eigenvalue weighted by Gasteiger charge is 2.22. The molecule has 0 spiro atoms. The third-order valence-corrected chi connectivity index (χ3v) is 6.48. The van der Waals surface area contributed by atoms with Crippen molar-refractivity contribution in [2.24, 2.45) is 5.10 Å². The fourth-order valence-electron chi connectivity index (χ4n) is 2.96. The van der Waals surface area contributed by atoms with E-state index in [9.17, 15) is 13.2 Å². The number of hydrogen-bond acceptors (Lipinski definition) is 8. The zero-order chi connectivity index (χ0) is 27.0. The van der Waals surface area contributed by atoms with Crippen molar-refractivity contribution in [3.05, 3.63) is 88.4 Å². The Kier molecular flexibility index (Phi) is 9.40. The summed E-state index contributed by atoms with van der Waals surface area (Å²) in [7, 11) is -1.42. The van der Waals surface area contributed by atoms with Crippen LogP contribution in [-0.4, -0.2) is 41.4 Å². The molecule has 0 saturated heterocycles. The number of nitrogens with one attached hydrogen (secondary N) is 1. The molecule has 0 heterocycles. The summed E-state index contributed by atoms with van der Waals surface area (Å²) < 4.78 is 46.5. The van der Waals surface area contributed by atoms with Crippen molar-refractivity contribution in [2.75, 3.05) is 20.8 Å². The minimum Gasteiger partial charge on any atom is -0.493 e. The molecule has 3 aromatic carbocycles. The molecule has 12 heteroatoms. The average Bonchev–Trinajstić information content (AvgIpc) is 2.88. The second-order valence-electron chi connectivity index (χ2n) is 7.19. The lowest BCUT2D eigenvalue weighted by Gasteiger charge is -2.13. The molecule has 1 N–H and O–H groups in total. The molecule has 0 aliphatic carbocycles. The van der Waals surface area contributed by atoms with Gasteiger partial charge >= 0.3 is 10.1 Å². The van der Waals surface area contributed by atoms with Gasteiger partial charge in [0.05, 0.1) is 25.5 Å². The molecule has 0 unspecified atom stereocenters. The first-order chi connectivity index (χ1) is 17.7. The summed E-state index contributed by atoms with van der Waals surface area (Å²) >= 11 is 12.1. The number of ether oxygens (including phenoxy) is 3. The van der Waals surface area contributed by atoms with Crippen LogP contribution in [0.2, 0.25) is 10.0 Å². The number of hydrazone groups is 1. The van der Waals surface area contributed by atoms with Crippen LogP contribution in [0.4, 0.5) is 0 Å². The second-order valence-corrected chi connectivity index (χ2v) is 9.58. The predicted molar refractivity (Wildman–Crippen MR) is 141 cm³/mol. The highest BCUT2D eigenvalue weighted by atomic mass is 35.5. The first-order valence-electron chi connectivity index (χ1n) is 10.5. The fourth-order valence-corrected chi connectivity index (χ4v) is 4.35. The Hall–Kier alpha value is -3.73. The van der Waals surface area contributed by atoms with Crippen molar-refractivity contribution < 1.29 is 31.6 Å². The van der Waals surface area contributed by atoms with Crippen LogP contribution in [-0.2, 0) is 10.1 Å². The average molecular weight is 565 g/mol. The maximum absolute atomic E-state index is 12.6. The lowest BCUT2D eigenvalue weighted by atomic mass is 10.2. The summed E-state index contributed by atoms with van der Waals surface area (Å²) in [4.78, 5) is 12.4. The van der Waals surface area contributed by atoms with E-state index in [0.717, 1.165) is 0 Å². The molecule has 0 fully saturated rings. The van der Waals surface area contributed by atoms with Crippen LogP contribution in [0.1, 0.15) is 15.9 Å². The van der Waals surface area contributed by atoms with E-state index in [1.807, 2.05) is 0 Å². The predicted octanol–water partition coefficient (Wildman–Crippen LogP) is 5.11. The molecular weight excluding hydrogens is 543 g/mol. The highest BCUT2D eigenvalue weighted by molar-refractivity contribution is 7.87. The SMILES string of the molecule is C=CCOc1ccc(C(=O)N/N=C/c2cc(Cl)c(OS(=O)(=O)c3ccc(Cl)cc3)c(OC)c2)cc1OC. The third kappa shape index (κ3) is 7.16. The van der Waals surface area contributed by atoms with Gasteiger partial charge in [0.25, 0.3) is 5.91 Å². The van der Waals surface area contributed by atoms with E-state index in [1.165, 1.54) is 62.9 Å². The Bertz CT molecular complexity index is 1430. The number of halogens is 2. The first-order valence-corrected chi connectivity index (χ1v) is 12.7. The number of methoxy groups -OCH3 is 2. The number of amides is 1. The minimum absolute atomic E-state index is 0.0395. The lowest BCUT2D eigenvalue weighted by Crippen LogP contribution is -2.17. The maximum Gasteiger partial charge on any atom is 0.339 e. The molecule has 194 valence electrons. The topological polar surface area (TPSA) is 113 Å². The Morgan fingerprint density at radius 2 is 1.70 bits per heavy atom. The molecule has 0 saturated carbocycles. The normalized spacial score (nSPS) is 11.1. The zero-order valence-electron chi connectivity index (χ0n) is 19.7. The molecule has 0 bridgehead atoms. The molecule has 0 aliphatic rings. The number of carbonyl (C=O) groups excluding carboxylic acids is 1. The van der Waals surface area contributed by atoms with Crippen LogP contribution in [0.25, 0.3) is 0 Å². The Morgan fingerprint density at radius 1 is 1.00 bits per heavy atom. The third-order valence-electron chi connectivity index (χ3n) is 4.71. The summed E-state index contributed by atoms with van der Waals surface area (Å²) in [5, 5.41) is 4.25. The van der Waals surface area contributed by atoms with Crippen LogP contribution in [0.5, 0.6) is 23.0 Å². The van der Waals surface area contributed by atoms with Gasteiger partial charge in [0, 0.05) is 10.6 Å². The van der Waals surface area contributed by atoms with Crippen LogP contribution >= 0.6 is 23.2 Å². The van der Waals surface area contributed by atoms with Crippen molar-refractivity contribution in [2.45, 2.75) is 4.90 Å². The summed E-state index contributed by atoms with van der Waals surface area (Å²) in [5.41, 5.74) is 3.08. The van der Waals surface area contributed by atoms with Gasteiger partial charge in [-0.3, -0.25) is 4.79 Å². The summed E-state index contributed by atoms with van der Waals surface area (Å²) in [5.74, 6) is 0.171. The number of hydrogen-bond donors (Lipinski definition) is 1. The van der Waals surface area contributed by atoms with Gasteiger partial charge in [-0.1, -0.05) is 35.9 Å². The number of rotatable bonds is 11. The van der Waals surface area contributed by atoms with E-state index in [-0.39, 0.29) is 33.6 Å². The number of benzene rings is 3. The van der Waals surface area contributed by atoms with E-state index in [0.29, 0.717) is 22.1 Å². The fraction of sp³-hybridized carbons (Fsp3) is 0.120. The monoisotopic (exact) mass is 564 g/mol. The van der Waals surface area contributed by atoms with Crippen molar-refractivity contribution in [1.82, 2.24) is 5.43 Å². The quantitative estimate of drug-likeness (QED) is 0.149. The molecule has 1 amide bonds. The largest absolute Gasteiger partial charge is 0.493 e. The van der Waals surface area contributed by atoms with Crippen molar-refractivity contribution >= 4 is 45.4 Å². The van der Waals surface area contributed by atoms with Crippen molar-refractivity contribution in [3.63, 3.8) is 0 Å². The molecular formula is C25H22Cl2N2O7S. The second kappa shape index (κ2) is 12.5. The van der Waals surface area contributed by atoms with Gasteiger partial charge < -0.3 is 18.4 Å². The zero-order valence-corrected chi connectivity index (χ0v) is 22.1. The molecule has 0 atom stereocenters. The number of carbonyl (C=O) groups is 1.